The fourth-order valence-corrected chi connectivity index (χ4v) is 4.14. The van der Waals surface area contributed by atoms with Gasteiger partial charge in [-0.1, -0.05) is 40.2 Å². The van der Waals surface area contributed by atoms with E-state index < -0.39 is 17.7 Å². The lowest BCUT2D eigenvalue weighted by Crippen LogP contribution is -2.31. The van der Waals surface area contributed by atoms with Crippen LogP contribution in [0.25, 0.3) is 5.76 Å². The van der Waals surface area contributed by atoms with E-state index in [2.05, 4.69) is 20.9 Å². The van der Waals surface area contributed by atoms with Crippen molar-refractivity contribution in [3.63, 3.8) is 0 Å². The van der Waals surface area contributed by atoms with Crippen molar-refractivity contribution in [2.45, 2.75) is 19.0 Å². The van der Waals surface area contributed by atoms with E-state index in [-0.39, 0.29) is 11.3 Å². The molecule has 7 nitrogen and oxygen atoms in total. The molecular formula is C24H22BrN3O4. The van der Waals surface area contributed by atoms with Crippen molar-refractivity contribution in [1.82, 2.24) is 14.5 Å². The number of methoxy groups -OCH3 is 1. The molecule has 1 amide bonds. The van der Waals surface area contributed by atoms with Gasteiger partial charge in [-0.15, -0.1) is 0 Å². The fraction of sp³-hybridized carbons (Fsp3) is 0.208. The van der Waals surface area contributed by atoms with E-state index in [9.17, 15) is 14.7 Å². The molecular weight excluding hydrogens is 474 g/mol. The van der Waals surface area contributed by atoms with Crippen molar-refractivity contribution in [3.05, 3.63) is 88.4 Å². The molecule has 1 atom stereocenters. The van der Waals surface area contributed by atoms with Crippen LogP contribution >= 0.6 is 15.9 Å². The maximum absolute atomic E-state index is 13.1. The van der Waals surface area contributed by atoms with Crippen molar-refractivity contribution in [3.8, 4) is 5.75 Å². The number of carbonyl (C=O) groups excluding carboxylic acids is 2. The van der Waals surface area contributed by atoms with Gasteiger partial charge in [-0.05, 0) is 36.2 Å². The normalized spacial score (nSPS) is 17.7. The number of Topliss-reactive ketones (excluding diaryl/α,β-unsaturated/α-hetero) is 1. The quantitative estimate of drug-likeness (QED) is 0.302. The number of aryl methyl sites for hydroxylation is 1. The lowest BCUT2D eigenvalue weighted by Gasteiger charge is -2.25. The smallest absolute Gasteiger partial charge is 0.295 e. The summed E-state index contributed by atoms with van der Waals surface area (Å²) >= 11 is 3.42. The number of nitrogens with zero attached hydrogens (tertiary/aromatic N) is 3. The third-order valence-electron chi connectivity index (χ3n) is 5.44. The summed E-state index contributed by atoms with van der Waals surface area (Å²) in [5, 5.41) is 11.1. The number of hydrogen-bond donors (Lipinski definition) is 1. The molecule has 1 unspecified atom stereocenters. The summed E-state index contributed by atoms with van der Waals surface area (Å²) < 4.78 is 8.04. The Morgan fingerprint density at radius 3 is 2.62 bits per heavy atom. The number of rotatable bonds is 7. The molecule has 0 radical (unpaired) electrons. The Labute approximate surface area is 194 Å². The van der Waals surface area contributed by atoms with Crippen molar-refractivity contribution in [2.75, 3.05) is 13.7 Å². The van der Waals surface area contributed by atoms with Crippen LogP contribution in [-0.2, 0) is 16.1 Å². The van der Waals surface area contributed by atoms with Crippen LogP contribution in [0.1, 0.15) is 23.6 Å². The van der Waals surface area contributed by atoms with Crippen LogP contribution in [0.15, 0.2) is 77.3 Å². The molecule has 3 aromatic rings. The molecule has 4 rings (SSSR count). The molecule has 1 aliphatic rings. The van der Waals surface area contributed by atoms with Crippen LogP contribution in [0.3, 0.4) is 0 Å². The SMILES string of the molecule is COc1cccc(C(O)=C2C(=O)C(=O)N(CCCn3ccnc3)C2c2ccc(Br)cc2)c1. The Bertz CT molecular complexity index is 1160. The monoisotopic (exact) mass is 495 g/mol. The first-order valence-corrected chi connectivity index (χ1v) is 10.9. The van der Waals surface area contributed by atoms with E-state index in [0.29, 0.717) is 30.8 Å². The Morgan fingerprint density at radius 1 is 1.16 bits per heavy atom. The number of aliphatic hydroxyl groups excluding tert-OH is 1. The van der Waals surface area contributed by atoms with Crippen LogP contribution in [0.4, 0.5) is 0 Å². The summed E-state index contributed by atoms with van der Waals surface area (Å²) in [6.07, 6.45) is 5.89. The topological polar surface area (TPSA) is 84.7 Å². The zero-order valence-electron chi connectivity index (χ0n) is 17.4. The van der Waals surface area contributed by atoms with Gasteiger partial charge in [0.25, 0.3) is 11.7 Å². The molecule has 0 saturated carbocycles. The number of ketones is 1. The fourth-order valence-electron chi connectivity index (χ4n) is 3.87. The molecule has 0 aliphatic carbocycles. The van der Waals surface area contributed by atoms with Crippen molar-refractivity contribution in [2.24, 2.45) is 0 Å². The predicted octanol–water partition coefficient (Wildman–Crippen LogP) is 4.17. The van der Waals surface area contributed by atoms with Crippen LogP contribution in [0, 0.1) is 0 Å². The number of amides is 1. The van der Waals surface area contributed by atoms with Crippen molar-refractivity contribution < 1.29 is 19.4 Å². The van der Waals surface area contributed by atoms with E-state index >= 15 is 0 Å². The summed E-state index contributed by atoms with van der Waals surface area (Å²) in [4.78, 5) is 31.6. The minimum absolute atomic E-state index is 0.0770. The number of benzene rings is 2. The molecule has 8 heteroatoms. The molecule has 1 saturated heterocycles. The van der Waals surface area contributed by atoms with Gasteiger partial charge in [0.15, 0.2) is 0 Å². The highest BCUT2D eigenvalue weighted by atomic mass is 79.9. The second-order valence-corrected chi connectivity index (χ2v) is 8.35. The molecule has 1 fully saturated rings. The van der Waals surface area contributed by atoms with Crippen LogP contribution < -0.4 is 4.74 Å². The van der Waals surface area contributed by atoms with Gasteiger partial charge in [0.2, 0.25) is 0 Å². The summed E-state index contributed by atoms with van der Waals surface area (Å²) in [6.45, 7) is 1.02. The lowest BCUT2D eigenvalue weighted by atomic mass is 9.95. The minimum atomic E-state index is -0.694. The number of aliphatic hydroxyl groups is 1. The Kier molecular flexibility index (Phi) is 6.41. The van der Waals surface area contributed by atoms with Crippen LogP contribution in [-0.4, -0.2) is 44.9 Å². The number of halogens is 1. The van der Waals surface area contributed by atoms with Crippen molar-refractivity contribution in [1.29, 1.82) is 0 Å². The largest absolute Gasteiger partial charge is 0.507 e. The molecule has 1 N–H and O–H groups in total. The molecule has 1 aromatic heterocycles. The van der Waals surface area contributed by atoms with E-state index in [1.165, 1.54) is 12.0 Å². The van der Waals surface area contributed by atoms with Gasteiger partial charge < -0.3 is 19.3 Å². The summed E-state index contributed by atoms with van der Waals surface area (Å²) in [5.41, 5.74) is 1.25. The van der Waals surface area contributed by atoms with Gasteiger partial charge in [-0.25, -0.2) is 4.98 Å². The van der Waals surface area contributed by atoms with Gasteiger partial charge in [0.05, 0.1) is 25.1 Å². The lowest BCUT2D eigenvalue weighted by molar-refractivity contribution is -0.139. The highest BCUT2D eigenvalue weighted by Crippen LogP contribution is 2.40. The molecule has 0 bridgehead atoms. The van der Waals surface area contributed by atoms with Gasteiger partial charge in [-0.3, -0.25) is 9.59 Å². The van der Waals surface area contributed by atoms with Gasteiger partial charge in [0.1, 0.15) is 11.5 Å². The summed E-state index contributed by atoms with van der Waals surface area (Å²) in [6, 6.07) is 13.5. The summed E-state index contributed by atoms with van der Waals surface area (Å²) in [5.74, 6) is -0.982. The Morgan fingerprint density at radius 2 is 1.94 bits per heavy atom. The zero-order valence-corrected chi connectivity index (χ0v) is 19.0. The highest BCUT2D eigenvalue weighted by Gasteiger charge is 2.45. The Hall–Kier alpha value is -3.39. The average Bonchev–Trinajstić information content (AvgIpc) is 3.41. The first-order valence-electron chi connectivity index (χ1n) is 10.1. The molecule has 164 valence electrons. The standard InChI is InChI=1S/C24H22BrN3O4/c1-32-19-5-2-4-17(14-19)22(29)20-21(16-6-8-18(25)9-7-16)28(24(31)23(20)30)12-3-11-27-13-10-26-15-27/h2,4-10,13-15,21,29H,3,11-12H2,1H3. The Balaban J connectivity index is 1.73. The second-order valence-electron chi connectivity index (χ2n) is 7.43. The predicted molar refractivity (Wildman–Crippen MR) is 123 cm³/mol. The van der Waals surface area contributed by atoms with E-state index in [1.54, 1.807) is 36.8 Å². The van der Waals surface area contributed by atoms with E-state index in [0.717, 1.165) is 10.0 Å². The third kappa shape index (κ3) is 4.31. The van der Waals surface area contributed by atoms with E-state index in [4.69, 9.17) is 4.74 Å². The number of imidazole rings is 1. The van der Waals surface area contributed by atoms with Crippen molar-refractivity contribution >= 4 is 33.4 Å². The van der Waals surface area contributed by atoms with Gasteiger partial charge in [0, 0.05) is 35.5 Å². The number of aromatic nitrogens is 2. The van der Waals surface area contributed by atoms with Gasteiger partial charge in [-0.2, -0.15) is 0 Å². The number of ether oxygens (including phenoxy) is 1. The zero-order chi connectivity index (χ0) is 22.7. The summed E-state index contributed by atoms with van der Waals surface area (Å²) in [7, 11) is 1.53. The van der Waals surface area contributed by atoms with E-state index in [1.807, 2.05) is 35.0 Å². The molecule has 32 heavy (non-hydrogen) atoms. The maximum atomic E-state index is 13.1. The third-order valence-corrected chi connectivity index (χ3v) is 5.97. The average molecular weight is 496 g/mol. The first kappa shape index (κ1) is 21.8. The maximum Gasteiger partial charge on any atom is 0.295 e. The first-order chi connectivity index (χ1) is 15.5. The second kappa shape index (κ2) is 9.40. The van der Waals surface area contributed by atoms with Crippen LogP contribution in [0.2, 0.25) is 0 Å². The molecule has 0 spiro atoms. The molecule has 2 aromatic carbocycles. The molecule has 2 heterocycles. The minimum Gasteiger partial charge on any atom is -0.507 e. The van der Waals surface area contributed by atoms with Gasteiger partial charge >= 0.3 is 0 Å². The number of carbonyl (C=O) groups is 2. The number of hydrogen-bond acceptors (Lipinski definition) is 5. The number of likely N-dealkylation sites (tertiary alicyclic amines) is 1. The molecule has 1 aliphatic heterocycles. The van der Waals surface area contributed by atoms with Crippen LogP contribution in [0.5, 0.6) is 5.75 Å². The highest BCUT2D eigenvalue weighted by molar-refractivity contribution is 9.10.